The number of rotatable bonds is 3. The standard InChI is InChI=1S/C23H24Cl2O3S2/c1-6-13-7-8-14(16-10-9-15(24)12-18(16)25)11-17(13)19-20(26)22(2,3)30(29-28)23(4,5)21(19)27/h7-12,19H,6H2,1-5H3. The van der Waals surface area contributed by atoms with E-state index < -0.39 is 24.9 Å². The Kier molecular flexibility index (Phi) is 6.51. The number of carbonyl (C=O) groups excluding carboxylic acids is 2. The summed E-state index contributed by atoms with van der Waals surface area (Å²) < 4.78 is 10.1. The van der Waals surface area contributed by atoms with Crippen molar-refractivity contribution in [1.82, 2.24) is 0 Å². The molecule has 3 nitrogen and oxygen atoms in total. The molecular formula is C23H24Cl2O3S2. The van der Waals surface area contributed by atoms with Crippen LogP contribution in [0.5, 0.6) is 0 Å². The summed E-state index contributed by atoms with van der Waals surface area (Å²) in [4.78, 5) is 27.1. The van der Waals surface area contributed by atoms with Crippen molar-refractivity contribution in [3.63, 3.8) is 0 Å². The molecule has 0 bridgehead atoms. The van der Waals surface area contributed by atoms with Crippen molar-refractivity contribution < 1.29 is 13.8 Å². The molecule has 1 aliphatic rings. The smallest absolute Gasteiger partial charge is 0.163 e. The number of halogens is 2. The van der Waals surface area contributed by atoms with Crippen LogP contribution in [0.25, 0.3) is 11.1 Å². The lowest BCUT2D eigenvalue weighted by atomic mass is 9.77. The molecular weight excluding hydrogens is 459 g/mol. The van der Waals surface area contributed by atoms with Crippen LogP contribution in [0.15, 0.2) is 36.4 Å². The Morgan fingerprint density at radius 3 is 2.07 bits per heavy atom. The van der Waals surface area contributed by atoms with E-state index in [9.17, 15) is 13.8 Å². The molecule has 1 fully saturated rings. The third-order valence-corrected chi connectivity index (χ3v) is 11.6. The van der Waals surface area contributed by atoms with Crippen LogP contribution >= 0.6 is 23.2 Å². The van der Waals surface area contributed by atoms with Gasteiger partial charge in [-0.3, -0.25) is 9.59 Å². The van der Waals surface area contributed by atoms with Gasteiger partial charge in [0.25, 0.3) is 0 Å². The van der Waals surface area contributed by atoms with Crippen LogP contribution in [0.3, 0.4) is 0 Å². The summed E-state index contributed by atoms with van der Waals surface area (Å²) in [6, 6.07) is 11.1. The first-order valence-electron chi connectivity index (χ1n) is 9.68. The van der Waals surface area contributed by atoms with Crippen LogP contribution in [0.2, 0.25) is 10.0 Å². The summed E-state index contributed by atoms with van der Waals surface area (Å²) in [5.41, 5.74) is 3.26. The van der Waals surface area contributed by atoms with Crippen molar-refractivity contribution >= 4 is 54.4 Å². The Morgan fingerprint density at radius 1 is 0.967 bits per heavy atom. The number of hydrogen-bond acceptors (Lipinski definition) is 3. The number of carbonyl (C=O) groups is 2. The van der Waals surface area contributed by atoms with Gasteiger partial charge in [0.1, 0.15) is 16.1 Å². The van der Waals surface area contributed by atoms with Crippen LogP contribution < -0.4 is 0 Å². The molecule has 1 aliphatic heterocycles. The average Bonchev–Trinajstić information content (AvgIpc) is 2.67. The van der Waals surface area contributed by atoms with Crippen LogP contribution in [-0.4, -0.2) is 25.3 Å². The second-order valence-electron chi connectivity index (χ2n) is 8.41. The van der Waals surface area contributed by atoms with Crippen LogP contribution in [0.1, 0.15) is 51.7 Å². The van der Waals surface area contributed by atoms with Crippen molar-refractivity contribution in [2.24, 2.45) is 0 Å². The van der Waals surface area contributed by atoms with Gasteiger partial charge in [-0.15, -0.1) is 0 Å². The topological polar surface area (TPSA) is 51.2 Å². The highest BCUT2D eigenvalue weighted by Gasteiger charge is 2.56. The Balaban J connectivity index is 2.24. The van der Waals surface area contributed by atoms with E-state index in [-0.39, 0.29) is 11.6 Å². The first-order chi connectivity index (χ1) is 14.0. The SMILES string of the molecule is CCc1ccc(-c2ccc(Cl)cc2Cl)cc1C1C(=O)C(C)(C)S(=S=O)C(C)(C)C1=O. The molecule has 0 atom stereocenters. The second-order valence-corrected chi connectivity index (χ2v) is 13.4. The number of benzene rings is 2. The fourth-order valence-electron chi connectivity index (χ4n) is 4.16. The molecule has 0 spiro atoms. The lowest BCUT2D eigenvalue weighted by Gasteiger charge is -2.44. The highest BCUT2D eigenvalue weighted by atomic mass is 35.5. The number of hydrogen-bond donors (Lipinski definition) is 0. The van der Waals surface area contributed by atoms with Gasteiger partial charge in [0.2, 0.25) is 0 Å². The fourth-order valence-corrected chi connectivity index (χ4v) is 8.41. The van der Waals surface area contributed by atoms with E-state index in [0.29, 0.717) is 32.3 Å². The minimum absolute atomic E-state index is 0.187. The molecule has 2 aromatic carbocycles. The molecule has 0 radical (unpaired) electrons. The maximum atomic E-state index is 13.5. The number of ketones is 2. The van der Waals surface area contributed by atoms with E-state index in [1.54, 1.807) is 39.8 Å². The van der Waals surface area contributed by atoms with Gasteiger partial charge in [-0.05, 0) is 69.0 Å². The van der Waals surface area contributed by atoms with E-state index in [2.05, 4.69) is 0 Å². The first kappa shape index (κ1) is 23.4. The molecule has 0 aliphatic carbocycles. The number of aryl methyl sites for hydroxylation is 1. The van der Waals surface area contributed by atoms with E-state index in [4.69, 9.17) is 23.2 Å². The predicted molar refractivity (Wildman–Crippen MR) is 128 cm³/mol. The maximum Gasteiger partial charge on any atom is 0.163 e. The van der Waals surface area contributed by atoms with Gasteiger partial charge < -0.3 is 0 Å². The molecule has 7 heteroatoms. The van der Waals surface area contributed by atoms with Crippen molar-refractivity contribution in [1.29, 1.82) is 0 Å². The zero-order valence-electron chi connectivity index (χ0n) is 17.5. The molecule has 0 N–H and O–H groups in total. The Bertz CT molecular complexity index is 1090. The largest absolute Gasteiger partial charge is 0.297 e. The van der Waals surface area contributed by atoms with E-state index in [1.807, 2.05) is 31.2 Å². The summed E-state index contributed by atoms with van der Waals surface area (Å²) in [5.74, 6) is -1.27. The fraction of sp³-hybridized carbons (Fsp3) is 0.391. The molecule has 0 amide bonds. The third-order valence-electron chi connectivity index (χ3n) is 5.79. The zero-order valence-corrected chi connectivity index (χ0v) is 20.7. The van der Waals surface area contributed by atoms with Crippen molar-refractivity contribution in [2.45, 2.75) is 56.5 Å². The average molecular weight is 483 g/mol. The van der Waals surface area contributed by atoms with Gasteiger partial charge in [-0.2, -0.15) is 0 Å². The zero-order chi connectivity index (χ0) is 22.4. The minimum Gasteiger partial charge on any atom is -0.297 e. The van der Waals surface area contributed by atoms with Crippen molar-refractivity contribution in [2.75, 3.05) is 0 Å². The molecule has 0 saturated carbocycles. The van der Waals surface area contributed by atoms with Gasteiger partial charge in [0, 0.05) is 15.6 Å². The summed E-state index contributed by atoms with van der Waals surface area (Å²) >= 11 is 12.4. The molecule has 0 unspecified atom stereocenters. The monoisotopic (exact) mass is 482 g/mol. The highest BCUT2D eigenvalue weighted by molar-refractivity contribution is 8.33. The summed E-state index contributed by atoms with van der Waals surface area (Å²) in [7, 11) is -0.573. The Morgan fingerprint density at radius 2 is 1.57 bits per heavy atom. The maximum absolute atomic E-state index is 13.5. The molecule has 0 aromatic heterocycles. The Labute approximate surface area is 192 Å². The first-order valence-corrected chi connectivity index (χ1v) is 12.9. The predicted octanol–water partition coefficient (Wildman–Crippen LogP) is 5.76. The van der Waals surface area contributed by atoms with E-state index in [0.717, 1.165) is 16.7 Å². The van der Waals surface area contributed by atoms with Gasteiger partial charge in [-0.25, -0.2) is 4.21 Å². The highest BCUT2D eigenvalue weighted by Crippen LogP contribution is 2.43. The van der Waals surface area contributed by atoms with Crippen LogP contribution in [-0.2, 0) is 35.7 Å². The van der Waals surface area contributed by atoms with Crippen LogP contribution in [0.4, 0.5) is 0 Å². The van der Waals surface area contributed by atoms with Crippen molar-refractivity contribution in [3.8, 4) is 11.1 Å². The molecule has 30 heavy (non-hydrogen) atoms. The third kappa shape index (κ3) is 3.75. The lowest BCUT2D eigenvalue weighted by Crippen LogP contribution is -2.59. The summed E-state index contributed by atoms with van der Waals surface area (Å²) in [5, 5.41) is 1.04. The van der Waals surface area contributed by atoms with Gasteiger partial charge >= 0.3 is 0 Å². The molecule has 160 valence electrons. The molecule has 1 saturated heterocycles. The van der Waals surface area contributed by atoms with Gasteiger partial charge in [0.05, 0.1) is 9.49 Å². The second kappa shape index (κ2) is 8.34. The normalized spacial score (nSPS) is 22.8. The van der Waals surface area contributed by atoms with Crippen molar-refractivity contribution in [3.05, 3.63) is 57.6 Å². The van der Waals surface area contributed by atoms with E-state index in [1.165, 1.54) is 0 Å². The van der Waals surface area contributed by atoms with Gasteiger partial charge in [-0.1, -0.05) is 57.8 Å². The van der Waals surface area contributed by atoms with Crippen LogP contribution in [0, 0.1) is 0 Å². The van der Waals surface area contributed by atoms with Gasteiger partial charge in [0.15, 0.2) is 11.6 Å². The number of Topliss-reactive ketones (excluding diaryl/α,β-unsaturated/α-hetero) is 2. The Hall–Kier alpha value is -1.27. The molecule has 2 aromatic rings. The molecule has 1 heterocycles. The molecule has 3 rings (SSSR count). The van der Waals surface area contributed by atoms with E-state index >= 15 is 0 Å². The quantitative estimate of drug-likeness (QED) is 0.522. The lowest BCUT2D eigenvalue weighted by molar-refractivity contribution is -0.132. The summed E-state index contributed by atoms with van der Waals surface area (Å²) in [6.07, 6.45) is 0.684. The summed E-state index contributed by atoms with van der Waals surface area (Å²) in [6.45, 7) is 9.15. The minimum atomic E-state index is -0.957.